The zero-order valence-corrected chi connectivity index (χ0v) is 15.2. The van der Waals surface area contributed by atoms with E-state index >= 15 is 0 Å². The molecule has 0 saturated carbocycles. The summed E-state index contributed by atoms with van der Waals surface area (Å²) in [6.07, 6.45) is 0. The van der Waals surface area contributed by atoms with Crippen LogP contribution < -0.4 is 20.1 Å². The van der Waals surface area contributed by atoms with E-state index in [-0.39, 0.29) is 18.3 Å². The van der Waals surface area contributed by atoms with Crippen LogP contribution in [-0.2, 0) is 13.1 Å². The molecular formula is C19H23ClN2O3. The van der Waals surface area contributed by atoms with Gasteiger partial charge >= 0.3 is 0 Å². The number of amides is 1. The Kier molecular flexibility index (Phi) is 6.67. The van der Waals surface area contributed by atoms with Gasteiger partial charge in [0.1, 0.15) is 11.5 Å². The van der Waals surface area contributed by atoms with E-state index in [0.717, 1.165) is 13.1 Å². The number of halogens is 1. The molecule has 0 aliphatic carbocycles. The van der Waals surface area contributed by atoms with Crippen molar-refractivity contribution in [3.63, 3.8) is 0 Å². The summed E-state index contributed by atoms with van der Waals surface area (Å²) >= 11 is 0. The van der Waals surface area contributed by atoms with Crippen molar-refractivity contribution in [3.05, 3.63) is 53.1 Å². The molecule has 2 aromatic rings. The molecule has 0 fully saturated rings. The van der Waals surface area contributed by atoms with Crippen LogP contribution in [0.3, 0.4) is 0 Å². The first-order valence-corrected chi connectivity index (χ1v) is 8.24. The van der Waals surface area contributed by atoms with E-state index in [1.165, 1.54) is 11.1 Å². The maximum atomic E-state index is 12.6. The minimum atomic E-state index is -0.153. The van der Waals surface area contributed by atoms with E-state index < -0.39 is 0 Å². The Hall–Kier alpha value is -2.24. The third kappa shape index (κ3) is 4.44. The first kappa shape index (κ1) is 19.1. The highest BCUT2D eigenvalue weighted by molar-refractivity contribution is 6.05. The molecule has 25 heavy (non-hydrogen) atoms. The molecule has 0 saturated heterocycles. The second-order valence-electron chi connectivity index (χ2n) is 5.57. The molecule has 0 bridgehead atoms. The molecule has 5 nitrogen and oxygen atoms in total. The fourth-order valence-corrected chi connectivity index (χ4v) is 2.78. The summed E-state index contributed by atoms with van der Waals surface area (Å²) in [6, 6.07) is 11.2. The van der Waals surface area contributed by atoms with Crippen LogP contribution in [0, 0.1) is 0 Å². The van der Waals surface area contributed by atoms with Crippen molar-refractivity contribution >= 4 is 24.0 Å². The Balaban J connectivity index is 0.00000225. The van der Waals surface area contributed by atoms with Crippen molar-refractivity contribution in [2.45, 2.75) is 26.9 Å². The van der Waals surface area contributed by atoms with E-state index in [9.17, 15) is 4.79 Å². The number of fused-ring (bicyclic) bond motifs is 1. The minimum Gasteiger partial charge on any atom is -0.494 e. The molecule has 0 spiro atoms. The molecule has 0 unspecified atom stereocenters. The van der Waals surface area contributed by atoms with Gasteiger partial charge in [0.2, 0.25) is 0 Å². The van der Waals surface area contributed by atoms with Crippen molar-refractivity contribution in [1.29, 1.82) is 0 Å². The third-order valence-corrected chi connectivity index (χ3v) is 3.91. The number of anilines is 1. The van der Waals surface area contributed by atoms with E-state index in [0.29, 0.717) is 36.0 Å². The molecule has 1 aliphatic rings. The molecular weight excluding hydrogens is 340 g/mol. The Labute approximate surface area is 154 Å². The Bertz CT molecular complexity index is 749. The molecule has 1 aliphatic heterocycles. The van der Waals surface area contributed by atoms with Gasteiger partial charge in [0.15, 0.2) is 0 Å². The predicted octanol–water partition coefficient (Wildman–Crippen LogP) is 3.76. The third-order valence-electron chi connectivity index (χ3n) is 3.91. The van der Waals surface area contributed by atoms with Crippen LogP contribution in [0.1, 0.15) is 35.3 Å². The second kappa shape index (κ2) is 8.74. The number of nitrogens with one attached hydrogen (secondary N) is 2. The number of hydrogen-bond acceptors (Lipinski definition) is 4. The normalized spacial score (nSPS) is 12.1. The summed E-state index contributed by atoms with van der Waals surface area (Å²) in [6.45, 7) is 6.60. The van der Waals surface area contributed by atoms with E-state index in [4.69, 9.17) is 9.47 Å². The molecule has 134 valence electrons. The van der Waals surface area contributed by atoms with E-state index in [1.807, 2.05) is 44.2 Å². The van der Waals surface area contributed by atoms with E-state index in [2.05, 4.69) is 10.6 Å². The second-order valence-corrected chi connectivity index (χ2v) is 5.57. The van der Waals surface area contributed by atoms with Crippen LogP contribution >= 0.6 is 12.4 Å². The smallest absolute Gasteiger partial charge is 0.255 e. The van der Waals surface area contributed by atoms with Crippen molar-refractivity contribution < 1.29 is 14.3 Å². The monoisotopic (exact) mass is 362 g/mol. The lowest BCUT2D eigenvalue weighted by Gasteiger charge is -2.14. The molecule has 0 aromatic heterocycles. The molecule has 0 atom stereocenters. The number of ether oxygens (including phenoxy) is 2. The van der Waals surface area contributed by atoms with Gasteiger partial charge in [-0.3, -0.25) is 4.79 Å². The van der Waals surface area contributed by atoms with Gasteiger partial charge in [-0.2, -0.15) is 0 Å². The number of carbonyl (C=O) groups excluding carboxylic acids is 1. The van der Waals surface area contributed by atoms with E-state index in [1.54, 1.807) is 6.07 Å². The predicted molar refractivity (Wildman–Crippen MR) is 101 cm³/mol. The summed E-state index contributed by atoms with van der Waals surface area (Å²) in [5.41, 5.74) is 3.68. The molecule has 1 heterocycles. The quantitative estimate of drug-likeness (QED) is 0.821. The summed E-state index contributed by atoms with van der Waals surface area (Å²) < 4.78 is 11.1. The topological polar surface area (TPSA) is 59.6 Å². The largest absolute Gasteiger partial charge is 0.494 e. The average molecular weight is 363 g/mol. The lowest BCUT2D eigenvalue weighted by molar-refractivity contribution is 0.102. The van der Waals surface area contributed by atoms with Crippen LogP contribution in [0.5, 0.6) is 11.5 Å². The van der Waals surface area contributed by atoms with Gasteiger partial charge < -0.3 is 20.1 Å². The lowest BCUT2D eigenvalue weighted by atomic mass is 10.1. The van der Waals surface area contributed by atoms with Gasteiger partial charge in [0, 0.05) is 24.7 Å². The van der Waals surface area contributed by atoms with Gasteiger partial charge in [0.05, 0.1) is 18.9 Å². The van der Waals surface area contributed by atoms with Crippen molar-refractivity contribution in [1.82, 2.24) is 5.32 Å². The molecule has 2 N–H and O–H groups in total. The van der Waals surface area contributed by atoms with Crippen LogP contribution in [0.15, 0.2) is 36.4 Å². The molecule has 3 rings (SSSR count). The molecule has 6 heteroatoms. The fraction of sp³-hybridized carbons (Fsp3) is 0.316. The van der Waals surface area contributed by atoms with Gasteiger partial charge in [-0.15, -0.1) is 12.4 Å². The van der Waals surface area contributed by atoms with Crippen LogP contribution in [0.25, 0.3) is 0 Å². The van der Waals surface area contributed by atoms with Crippen molar-refractivity contribution in [3.8, 4) is 11.5 Å². The zero-order valence-electron chi connectivity index (χ0n) is 14.4. The fourth-order valence-electron chi connectivity index (χ4n) is 2.78. The SMILES string of the molecule is CCOc1ccc(OCC)c(NC(=O)c2ccc3c(c2)CNC3)c1.Cl. The minimum absolute atomic E-state index is 0. The first-order valence-electron chi connectivity index (χ1n) is 8.24. The summed E-state index contributed by atoms with van der Waals surface area (Å²) in [5, 5.41) is 6.22. The molecule has 2 aromatic carbocycles. The van der Waals surface area contributed by atoms with Gasteiger partial charge in [0.25, 0.3) is 5.91 Å². The highest BCUT2D eigenvalue weighted by atomic mass is 35.5. The maximum Gasteiger partial charge on any atom is 0.255 e. The van der Waals surface area contributed by atoms with Gasteiger partial charge in [-0.05, 0) is 49.2 Å². The van der Waals surface area contributed by atoms with Crippen LogP contribution in [0.2, 0.25) is 0 Å². The first-order chi connectivity index (χ1) is 11.7. The summed E-state index contributed by atoms with van der Waals surface area (Å²) in [5.74, 6) is 1.19. The lowest BCUT2D eigenvalue weighted by Crippen LogP contribution is -2.13. The summed E-state index contributed by atoms with van der Waals surface area (Å²) in [7, 11) is 0. The highest BCUT2D eigenvalue weighted by Crippen LogP contribution is 2.30. The molecule has 1 amide bonds. The number of hydrogen-bond donors (Lipinski definition) is 2. The van der Waals surface area contributed by atoms with Gasteiger partial charge in [-0.25, -0.2) is 0 Å². The van der Waals surface area contributed by atoms with Crippen LogP contribution in [0.4, 0.5) is 5.69 Å². The average Bonchev–Trinajstić information content (AvgIpc) is 3.05. The number of carbonyl (C=O) groups is 1. The number of rotatable bonds is 6. The Morgan fingerprint density at radius 3 is 2.56 bits per heavy atom. The summed E-state index contributed by atoms with van der Waals surface area (Å²) in [4.78, 5) is 12.6. The van der Waals surface area contributed by atoms with Gasteiger partial charge in [-0.1, -0.05) is 6.07 Å². The Morgan fingerprint density at radius 1 is 1.04 bits per heavy atom. The molecule has 0 radical (unpaired) electrons. The zero-order chi connectivity index (χ0) is 16.9. The number of benzene rings is 2. The van der Waals surface area contributed by atoms with Crippen LogP contribution in [-0.4, -0.2) is 19.1 Å². The Morgan fingerprint density at radius 2 is 1.80 bits per heavy atom. The van der Waals surface area contributed by atoms with Crippen molar-refractivity contribution in [2.24, 2.45) is 0 Å². The maximum absolute atomic E-state index is 12.6. The standard InChI is InChI=1S/C19H22N2O3.ClH/c1-3-23-16-7-8-18(24-4-2)17(10-16)21-19(22)13-5-6-14-11-20-12-15(14)9-13;/h5-10,20H,3-4,11-12H2,1-2H3,(H,21,22);1H. The van der Waals surface area contributed by atoms with Crippen molar-refractivity contribution in [2.75, 3.05) is 18.5 Å². The highest BCUT2D eigenvalue weighted by Gasteiger charge is 2.15.